The van der Waals surface area contributed by atoms with Crippen LogP contribution in [0.5, 0.6) is 0 Å². The van der Waals surface area contributed by atoms with E-state index in [0.717, 1.165) is 12.1 Å². The Morgan fingerprint density at radius 2 is 1.72 bits per heavy atom. The monoisotopic (exact) mass is 566 g/mol. The van der Waals surface area contributed by atoms with Crippen molar-refractivity contribution >= 4 is 49.7 Å². The first-order valence-electron chi connectivity index (χ1n) is 11.0. The minimum atomic E-state index is -4.40. The number of nitriles is 1. The summed E-state index contributed by atoms with van der Waals surface area (Å²) in [4.78, 5) is 12.2. The molecule has 2 aromatic carbocycles. The van der Waals surface area contributed by atoms with Crippen molar-refractivity contribution in [2.24, 2.45) is 0 Å². The van der Waals surface area contributed by atoms with E-state index in [1.807, 2.05) is 6.07 Å². The zero-order valence-corrected chi connectivity index (χ0v) is 21.0. The lowest BCUT2D eigenvalue weighted by atomic mass is 10.1. The molecule has 0 amide bonds. The fraction of sp³-hybridized carbons (Fsp3) is 0. The first kappa shape index (κ1) is 25.9. The van der Waals surface area contributed by atoms with Gasteiger partial charge in [-0.2, -0.15) is 5.26 Å². The predicted molar refractivity (Wildman–Crippen MR) is 139 cm³/mol. The maximum absolute atomic E-state index is 14.1. The van der Waals surface area contributed by atoms with Gasteiger partial charge in [0.2, 0.25) is 0 Å². The smallest absolute Gasteiger partial charge is 0.264 e. The third-order valence-corrected chi connectivity index (χ3v) is 7.20. The number of halogens is 4. The minimum absolute atomic E-state index is 0.00123. The van der Waals surface area contributed by atoms with Gasteiger partial charge in [-0.15, -0.1) is 0 Å². The largest absolute Gasteiger partial charge is 0.353 e. The molecule has 0 aliphatic carbocycles. The summed E-state index contributed by atoms with van der Waals surface area (Å²) in [5, 5.41) is 12.6. The molecular formula is C26H14ClF3N6O2S. The zero-order valence-electron chi connectivity index (χ0n) is 19.5. The summed E-state index contributed by atoms with van der Waals surface area (Å²) in [5.41, 5.74) is 2.33. The molecule has 0 saturated heterocycles. The molecular weight excluding hydrogens is 553 g/mol. The second-order valence-corrected chi connectivity index (χ2v) is 10.2. The summed E-state index contributed by atoms with van der Waals surface area (Å²) in [6, 6.07) is 12.8. The number of fused-ring (bicyclic) bond motifs is 1. The quantitative estimate of drug-likeness (QED) is 0.252. The standard InChI is InChI=1S/C26H14ClF3N6O2S/c27-19-9-17(2-3-20(19)29)34-25-15(10-31)12-33-23-5-4-22(35-26(23)25)14-7-18(13-32-11-14)36-39(37,38)24-6-1-16(28)8-21(24)30/h1-9,11-13,36H,(H,33,34). The van der Waals surface area contributed by atoms with Crippen LogP contribution in [0.25, 0.3) is 22.3 Å². The Labute approximate surface area is 224 Å². The van der Waals surface area contributed by atoms with Crippen LogP contribution >= 0.6 is 11.6 Å². The van der Waals surface area contributed by atoms with E-state index >= 15 is 0 Å². The lowest BCUT2D eigenvalue weighted by Gasteiger charge is -2.13. The van der Waals surface area contributed by atoms with E-state index in [2.05, 4.69) is 25.0 Å². The average molecular weight is 567 g/mol. The van der Waals surface area contributed by atoms with Gasteiger partial charge in [0.1, 0.15) is 33.9 Å². The van der Waals surface area contributed by atoms with Gasteiger partial charge >= 0.3 is 0 Å². The van der Waals surface area contributed by atoms with Crippen LogP contribution in [0.4, 0.5) is 30.2 Å². The van der Waals surface area contributed by atoms with E-state index in [-0.39, 0.29) is 16.3 Å². The number of sulfonamides is 1. The van der Waals surface area contributed by atoms with Gasteiger partial charge in [-0.1, -0.05) is 11.6 Å². The topological polar surface area (TPSA) is 121 Å². The number of hydrogen-bond acceptors (Lipinski definition) is 7. The molecule has 194 valence electrons. The first-order chi connectivity index (χ1) is 18.6. The van der Waals surface area contributed by atoms with Crippen LogP contribution < -0.4 is 10.0 Å². The van der Waals surface area contributed by atoms with E-state index < -0.39 is 32.4 Å². The Balaban J connectivity index is 1.53. The van der Waals surface area contributed by atoms with Crippen molar-refractivity contribution < 1.29 is 21.6 Å². The number of anilines is 3. The van der Waals surface area contributed by atoms with Crippen molar-refractivity contribution in [1.29, 1.82) is 5.26 Å². The lowest BCUT2D eigenvalue weighted by molar-refractivity contribution is 0.551. The van der Waals surface area contributed by atoms with E-state index in [0.29, 0.717) is 39.7 Å². The predicted octanol–water partition coefficient (Wildman–Crippen LogP) is 6.18. The summed E-state index contributed by atoms with van der Waals surface area (Å²) >= 11 is 5.89. The molecule has 5 rings (SSSR count). The van der Waals surface area contributed by atoms with Gasteiger partial charge in [-0.05, 0) is 48.5 Å². The molecule has 0 saturated carbocycles. The Morgan fingerprint density at radius 3 is 2.46 bits per heavy atom. The second-order valence-electron chi connectivity index (χ2n) is 8.12. The molecule has 2 N–H and O–H groups in total. The van der Waals surface area contributed by atoms with Crippen molar-refractivity contribution in [2.75, 3.05) is 10.0 Å². The summed E-state index contributed by atoms with van der Waals surface area (Å²) < 4.78 is 68.6. The van der Waals surface area contributed by atoms with E-state index in [1.54, 1.807) is 12.1 Å². The number of nitrogens with zero attached hydrogens (tertiary/aromatic N) is 4. The van der Waals surface area contributed by atoms with Gasteiger partial charge in [0.25, 0.3) is 10.0 Å². The fourth-order valence-electron chi connectivity index (χ4n) is 3.70. The third-order valence-electron chi connectivity index (χ3n) is 5.49. The van der Waals surface area contributed by atoms with Crippen LogP contribution in [-0.4, -0.2) is 23.4 Å². The molecule has 0 fully saturated rings. The number of hydrogen-bond donors (Lipinski definition) is 2. The maximum atomic E-state index is 14.1. The Hall–Kier alpha value is -4.73. The molecule has 0 spiro atoms. The van der Waals surface area contributed by atoms with Crippen molar-refractivity contribution in [3.05, 3.63) is 101 Å². The van der Waals surface area contributed by atoms with Crippen molar-refractivity contribution in [1.82, 2.24) is 15.0 Å². The summed E-state index contributed by atoms with van der Waals surface area (Å²) in [6.45, 7) is 0. The summed E-state index contributed by atoms with van der Waals surface area (Å²) in [7, 11) is -4.40. The van der Waals surface area contributed by atoms with Crippen LogP contribution in [0.2, 0.25) is 5.02 Å². The molecule has 0 unspecified atom stereocenters. The van der Waals surface area contributed by atoms with Gasteiger partial charge < -0.3 is 5.32 Å². The first-order valence-corrected chi connectivity index (χ1v) is 12.9. The van der Waals surface area contributed by atoms with Gasteiger partial charge in [0, 0.05) is 29.7 Å². The average Bonchev–Trinajstić information content (AvgIpc) is 2.90. The van der Waals surface area contributed by atoms with Crippen molar-refractivity contribution in [2.45, 2.75) is 4.90 Å². The molecule has 0 bridgehead atoms. The maximum Gasteiger partial charge on any atom is 0.264 e. The number of rotatable bonds is 6. The molecule has 0 atom stereocenters. The van der Waals surface area contributed by atoms with Crippen molar-refractivity contribution in [3.8, 4) is 17.3 Å². The number of aromatic nitrogens is 3. The molecule has 3 heterocycles. The van der Waals surface area contributed by atoms with E-state index in [4.69, 9.17) is 11.6 Å². The normalized spacial score (nSPS) is 11.3. The minimum Gasteiger partial charge on any atom is -0.353 e. The summed E-state index contributed by atoms with van der Waals surface area (Å²) in [6.07, 6.45) is 4.01. The Bertz CT molecular complexity index is 1910. The zero-order chi connectivity index (χ0) is 27.7. The number of pyridine rings is 3. The highest BCUT2D eigenvalue weighted by Gasteiger charge is 2.20. The highest BCUT2D eigenvalue weighted by Crippen LogP contribution is 2.31. The number of benzene rings is 2. The Kier molecular flexibility index (Phi) is 6.78. The van der Waals surface area contributed by atoms with Crippen LogP contribution in [-0.2, 0) is 10.0 Å². The van der Waals surface area contributed by atoms with Gasteiger partial charge in [-0.3, -0.25) is 14.7 Å². The second kappa shape index (κ2) is 10.2. The molecule has 0 aliphatic rings. The molecule has 0 aliphatic heterocycles. The summed E-state index contributed by atoms with van der Waals surface area (Å²) in [5.74, 6) is -2.76. The highest BCUT2D eigenvalue weighted by molar-refractivity contribution is 7.92. The highest BCUT2D eigenvalue weighted by atomic mass is 35.5. The molecule has 3 aromatic heterocycles. The van der Waals surface area contributed by atoms with Gasteiger partial charge in [-0.25, -0.2) is 26.6 Å². The van der Waals surface area contributed by atoms with Crippen LogP contribution in [0.1, 0.15) is 5.56 Å². The van der Waals surface area contributed by atoms with Crippen molar-refractivity contribution in [3.63, 3.8) is 0 Å². The SMILES string of the molecule is N#Cc1cnc2ccc(-c3cncc(NS(=O)(=O)c4ccc(F)cc4F)c3)nc2c1Nc1ccc(F)c(Cl)c1. The van der Waals surface area contributed by atoms with Crippen LogP contribution in [0.3, 0.4) is 0 Å². The number of nitrogens with one attached hydrogen (secondary N) is 2. The van der Waals surface area contributed by atoms with Gasteiger partial charge in [0.05, 0.1) is 39.4 Å². The molecule has 13 heteroatoms. The molecule has 39 heavy (non-hydrogen) atoms. The van der Waals surface area contributed by atoms with E-state index in [9.17, 15) is 26.9 Å². The van der Waals surface area contributed by atoms with Crippen LogP contribution in [0, 0.1) is 28.8 Å². The van der Waals surface area contributed by atoms with E-state index in [1.165, 1.54) is 42.9 Å². The Morgan fingerprint density at radius 1 is 0.897 bits per heavy atom. The third kappa shape index (κ3) is 5.31. The molecule has 8 nitrogen and oxygen atoms in total. The van der Waals surface area contributed by atoms with Gasteiger partial charge in [0.15, 0.2) is 0 Å². The fourth-order valence-corrected chi connectivity index (χ4v) is 4.97. The van der Waals surface area contributed by atoms with Crippen LogP contribution in [0.15, 0.2) is 78.1 Å². The molecule has 0 radical (unpaired) electrons. The molecule has 5 aromatic rings. The lowest BCUT2D eigenvalue weighted by Crippen LogP contribution is -2.15.